The Kier molecular flexibility index (Phi) is 1.82. The van der Waals surface area contributed by atoms with E-state index in [1.807, 2.05) is 0 Å². The minimum absolute atomic E-state index is 0.135. The van der Waals surface area contributed by atoms with Gasteiger partial charge < -0.3 is 5.11 Å². The molecule has 2 fully saturated rings. The van der Waals surface area contributed by atoms with E-state index in [9.17, 15) is 4.79 Å². The normalized spacial score (nSPS) is 41.9. The van der Waals surface area contributed by atoms with Crippen LogP contribution in [0.5, 0.6) is 0 Å². The minimum atomic E-state index is -0.787. The summed E-state index contributed by atoms with van der Waals surface area (Å²) in [5.41, 5.74) is 1.58. The van der Waals surface area contributed by atoms with Gasteiger partial charge in [0.1, 0.15) is 0 Å². The number of allylic oxidation sites excluding steroid dienone is 1. The number of fused-ring (bicyclic) bond motifs is 2. The molecule has 0 aromatic rings. The van der Waals surface area contributed by atoms with E-state index in [-0.39, 0.29) is 10.8 Å². The van der Waals surface area contributed by atoms with Crippen molar-refractivity contribution >= 4 is 5.97 Å². The fourth-order valence-corrected chi connectivity index (χ4v) is 3.39. The Balaban J connectivity index is 2.41. The second kappa shape index (κ2) is 2.62. The number of carbonyl (C=O) groups is 1. The van der Waals surface area contributed by atoms with Gasteiger partial charge in [-0.15, -0.1) is 0 Å². The van der Waals surface area contributed by atoms with Gasteiger partial charge >= 0.3 is 5.97 Å². The third-order valence-electron chi connectivity index (χ3n) is 4.91. The van der Waals surface area contributed by atoms with Gasteiger partial charge in [0.15, 0.2) is 0 Å². The van der Waals surface area contributed by atoms with Crippen molar-refractivity contribution in [2.75, 3.05) is 0 Å². The highest BCUT2D eigenvalue weighted by molar-refractivity contribution is 5.81. The molecule has 2 aliphatic carbocycles. The highest BCUT2D eigenvalue weighted by Crippen LogP contribution is 2.67. The maximum Gasteiger partial charge on any atom is 0.328 e. The van der Waals surface area contributed by atoms with Crippen molar-refractivity contribution < 1.29 is 9.90 Å². The Morgan fingerprint density at radius 2 is 2.14 bits per heavy atom. The van der Waals surface area contributed by atoms with Crippen LogP contribution in [0, 0.1) is 16.7 Å². The number of carboxylic acids is 1. The molecule has 0 heterocycles. The number of hydrogen-bond donors (Lipinski definition) is 1. The van der Waals surface area contributed by atoms with Crippen LogP contribution in [0.3, 0.4) is 0 Å². The lowest BCUT2D eigenvalue weighted by Crippen LogP contribution is -2.28. The number of hydrogen-bond acceptors (Lipinski definition) is 1. The summed E-state index contributed by atoms with van der Waals surface area (Å²) in [6.45, 7) is 6.80. The minimum Gasteiger partial charge on any atom is -0.478 e. The molecule has 0 aliphatic heterocycles. The summed E-state index contributed by atoms with van der Waals surface area (Å²) in [5.74, 6) is -0.0947. The van der Waals surface area contributed by atoms with E-state index in [1.54, 1.807) is 0 Å². The average molecular weight is 194 g/mol. The maximum atomic E-state index is 10.7. The largest absolute Gasteiger partial charge is 0.478 e. The van der Waals surface area contributed by atoms with E-state index < -0.39 is 5.97 Å². The fraction of sp³-hybridized carbons (Fsp3) is 0.750. The highest BCUT2D eigenvalue weighted by atomic mass is 16.4. The van der Waals surface area contributed by atoms with Crippen molar-refractivity contribution in [3.63, 3.8) is 0 Å². The lowest BCUT2D eigenvalue weighted by molar-refractivity contribution is -0.131. The molecule has 2 nitrogen and oxygen atoms in total. The zero-order chi connectivity index (χ0) is 10.6. The van der Waals surface area contributed by atoms with Crippen molar-refractivity contribution in [3.8, 4) is 0 Å². The van der Waals surface area contributed by atoms with Crippen LogP contribution in [0.25, 0.3) is 0 Å². The lowest BCUT2D eigenvalue weighted by Gasteiger charge is -2.35. The van der Waals surface area contributed by atoms with Gasteiger partial charge in [0.25, 0.3) is 0 Å². The molecule has 0 spiro atoms. The highest BCUT2D eigenvalue weighted by Gasteiger charge is 2.58. The van der Waals surface area contributed by atoms with Gasteiger partial charge in [0, 0.05) is 6.08 Å². The van der Waals surface area contributed by atoms with Crippen LogP contribution in [0.4, 0.5) is 0 Å². The second-order valence-corrected chi connectivity index (χ2v) is 5.50. The molecule has 2 aliphatic rings. The summed E-state index contributed by atoms with van der Waals surface area (Å²) >= 11 is 0. The lowest BCUT2D eigenvalue weighted by atomic mass is 9.69. The molecule has 2 bridgehead atoms. The first-order valence-corrected chi connectivity index (χ1v) is 5.32. The van der Waals surface area contributed by atoms with E-state index in [0.717, 1.165) is 18.4 Å². The summed E-state index contributed by atoms with van der Waals surface area (Å²) in [4.78, 5) is 10.7. The van der Waals surface area contributed by atoms with Gasteiger partial charge in [-0.3, -0.25) is 0 Å². The van der Waals surface area contributed by atoms with E-state index in [0.29, 0.717) is 5.92 Å². The Morgan fingerprint density at radius 3 is 2.50 bits per heavy atom. The van der Waals surface area contributed by atoms with Crippen LogP contribution in [-0.2, 0) is 4.79 Å². The van der Waals surface area contributed by atoms with Gasteiger partial charge in [-0.1, -0.05) is 26.3 Å². The molecule has 0 radical (unpaired) electrons. The first-order chi connectivity index (χ1) is 6.38. The Morgan fingerprint density at radius 1 is 1.50 bits per heavy atom. The zero-order valence-electron chi connectivity index (χ0n) is 9.13. The summed E-state index contributed by atoms with van der Waals surface area (Å²) < 4.78 is 0. The molecule has 0 aromatic heterocycles. The summed E-state index contributed by atoms with van der Waals surface area (Å²) in [6, 6.07) is 0. The molecule has 0 saturated heterocycles. The standard InChI is InChI=1S/C12H18O2/c1-11(2)8-4-5-12(11,3)9(6-8)7-10(13)14/h7-8H,4-6H2,1-3H3,(H,13,14)/b9-7+. The van der Waals surface area contributed by atoms with Gasteiger partial charge in [-0.2, -0.15) is 0 Å². The number of carboxylic acid groups (broad SMARTS) is 1. The molecule has 2 unspecified atom stereocenters. The van der Waals surface area contributed by atoms with Crippen molar-refractivity contribution in [3.05, 3.63) is 11.6 Å². The van der Waals surface area contributed by atoms with Crippen molar-refractivity contribution in [2.45, 2.75) is 40.0 Å². The molecular formula is C12H18O2. The van der Waals surface area contributed by atoms with Crippen molar-refractivity contribution in [2.24, 2.45) is 16.7 Å². The van der Waals surface area contributed by atoms with E-state index in [1.165, 1.54) is 12.5 Å². The van der Waals surface area contributed by atoms with Gasteiger partial charge in [-0.05, 0) is 36.0 Å². The quantitative estimate of drug-likeness (QED) is 0.652. The summed E-state index contributed by atoms with van der Waals surface area (Å²) in [6.07, 6.45) is 4.86. The molecule has 2 rings (SSSR count). The van der Waals surface area contributed by atoms with Gasteiger partial charge in [0.2, 0.25) is 0 Å². The Hall–Kier alpha value is -0.790. The SMILES string of the molecule is CC12CCC(C/C1=C\C(=O)O)C2(C)C. The molecule has 2 atom stereocenters. The molecule has 2 heteroatoms. The Labute approximate surface area is 85.0 Å². The molecule has 2 saturated carbocycles. The van der Waals surface area contributed by atoms with Crippen LogP contribution in [0.15, 0.2) is 11.6 Å². The number of rotatable bonds is 1. The third-order valence-corrected chi connectivity index (χ3v) is 4.91. The second-order valence-electron chi connectivity index (χ2n) is 5.50. The van der Waals surface area contributed by atoms with Gasteiger partial charge in [0.05, 0.1) is 0 Å². The van der Waals surface area contributed by atoms with Crippen LogP contribution in [0.1, 0.15) is 40.0 Å². The summed E-state index contributed by atoms with van der Waals surface area (Å²) in [7, 11) is 0. The van der Waals surface area contributed by atoms with E-state index >= 15 is 0 Å². The smallest absolute Gasteiger partial charge is 0.328 e. The first-order valence-electron chi connectivity index (χ1n) is 5.32. The monoisotopic (exact) mass is 194 g/mol. The van der Waals surface area contributed by atoms with Crippen LogP contribution >= 0.6 is 0 Å². The topological polar surface area (TPSA) is 37.3 Å². The third kappa shape index (κ3) is 0.999. The van der Waals surface area contributed by atoms with Gasteiger partial charge in [-0.25, -0.2) is 4.79 Å². The van der Waals surface area contributed by atoms with Crippen molar-refractivity contribution in [1.29, 1.82) is 0 Å². The molecule has 1 N–H and O–H groups in total. The summed E-state index contributed by atoms with van der Waals surface area (Å²) in [5, 5.41) is 8.81. The predicted octanol–water partition coefficient (Wildman–Crippen LogP) is 2.84. The molecule has 78 valence electrons. The van der Waals surface area contributed by atoms with E-state index in [2.05, 4.69) is 20.8 Å². The fourth-order valence-electron chi connectivity index (χ4n) is 3.39. The average Bonchev–Trinajstić information content (AvgIpc) is 2.35. The maximum absolute atomic E-state index is 10.7. The zero-order valence-corrected chi connectivity index (χ0v) is 9.13. The van der Waals surface area contributed by atoms with Crippen LogP contribution < -0.4 is 0 Å². The molecule has 0 aromatic carbocycles. The number of aliphatic carboxylic acids is 1. The van der Waals surface area contributed by atoms with Crippen LogP contribution in [0.2, 0.25) is 0 Å². The molecular weight excluding hydrogens is 176 g/mol. The Bertz CT molecular complexity index is 314. The van der Waals surface area contributed by atoms with Crippen molar-refractivity contribution in [1.82, 2.24) is 0 Å². The first kappa shape index (κ1) is 9.75. The van der Waals surface area contributed by atoms with E-state index in [4.69, 9.17) is 5.11 Å². The predicted molar refractivity (Wildman–Crippen MR) is 54.9 cm³/mol. The van der Waals surface area contributed by atoms with Crippen LogP contribution in [-0.4, -0.2) is 11.1 Å². The molecule has 14 heavy (non-hydrogen) atoms. The molecule has 0 amide bonds.